The van der Waals surface area contributed by atoms with Crippen LogP contribution < -0.4 is 29.1 Å². The molecule has 0 fully saturated rings. The second-order valence-corrected chi connectivity index (χ2v) is 10.2. The fourth-order valence-corrected chi connectivity index (χ4v) is 5.41. The Hall–Kier alpha value is -4.29. The van der Waals surface area contributed by atoms with E-state index in [0.717, 1.165) is 11.1 Å². The predicted molar refractivity (Wildman–Crippen MR) is 155 cm³/mol. The fourth-order valence-electron chi connectivity index (χ4n) is 4.36. The van der Waals surface area contributed by atoms with E-state index in [2.05, 4.69) is 10.9 Å². The van der Waals surface area contributed by atoms with Crippen LogP contribution in [0.25, 0.3) is 6.08 Å². The van der Waals surface area contributed by atoms with Crippen molar-refractivity contribution in [2.24, 2.45) is 4.99 Å². The Morgan fingerprint density at radius 1 is 1.10 bits per heavy atom. The van der Waals surface area contributed by atoms with E-state index in [1.165, 1.54) is 11.3 Å². The molecule has 0 radical (unpaired) electrons. The van der Waals surface area contributed by atoms with Crippen LogP contribution in [0.3, 0.4) is 0 Å². The number of esters is 1. The second kappa shape index (κ2) is 12.7. The van der Waals surface area contributed by atoms with Crippen LogP contribution in [0.15, 0.2) is 63.5 Å². The van der Waals surface area contributed by atoms with E-state index in [-0.39, 0.29) is 18.3 Å². The Morgan fingerprint density at radius 2 is 1.82 bits per heavy atom. The summed E-state index contributed by atoms with van der Waals surface area (Å²) in [5, 5.41) is 0. The van der Waals surface area contributed by atoms with E-state index < -0.39 is 12.0 Å². The number of nitrogens with zero attached hydrogens (tertiary/aromatic N) is 2. The molecule has 0 spiro atoms. The number of terminal acetylenes is 1. The molecule has 8 nitrogen and oxygen atoms in total. The molecular formula is C31H32N2O6S. The number of aromatic nitrogens is 1. The molecule has 40 heavy (non-hydrogen) atoms. The number of ether oxygens (including phenoxy) is 4. The van der Waals surface area contributed by atoms with Gasteiger partial charge >= 0.3 is 5.97 Å². The molecule has 2 aromatic carbocycles. The summed E-state index contributed by atoms with van der Waals surface area (Å²) in [5.74, 6) is 3.69. The topological polar surface area (TPSA) is 88.4 Å². The van der Waals surface area contributed by atoms with Crippen molar-refractivity contribution in [1.82, 2.24) is 4.57 Å². The predicted octanol–water partition coefficient (Wildman–Crippen LogP) is 4.00. The molecule has 1 aromatic heterocycles. The van der Waals surface area contributed by atoms with E-state index in [1.807, 2.05) is 44.2 Å². The number of thiazole rings is 1. The molecule has 0 saturated heterocycles. The molecule has 2 heterocycles. The van der Waals surface area contributed by atoms with Crippen molar-refractivity contribution in [3.05, 3.63) is 84.5 Å². The summed E-state index contributed by atoms with van der Waals surface area (Å²) in [7, 11) is 0. The average molecular weight is 561 g/mol. The number of carbonyl (C=O) groups is 1. The summed E-state index contributed by atoms with van der Waals surface area (Å²) in [6.07, 6.45) is 6.78. The number of hydrogen-bond acceptors (Lipinski definition) is 8. The molecule has 0 saturated carbocycles. The molecule has 1 atom stereocenters. The van der Waals surface area contributed by atoms with Crippen LogP contribution in [-0.2, 0) is 9.53 Å². The van der Waals surface area contributed by atoms with Crippen molar-refractivity contribution in [3.63, 3.8) is 0 Å². The van der Waals surface area contributed by atoms with Gasteiger partial charge in [0.25, 0.3) is 5.56 Å². The first kappa shape index (κ1) is 28.7. The normalized spacial score (nSPS) is 14.8. The van der Waals surface area contributed by atoms with Crippen molar-refractivity contribution in [3.8, 4) is 29.6 Å². The maximum atomic E-state index is 13.9. The Kier molecular flexibility index (Phi) is 9.12. The minimum absolute atomic E-state index is 0.116. The first-order valence-corrected chi connectivity index (χ1v) is 13.9. The summed E-state index contributed by atoms with van der Waals surface area (Å²) in [6.45, 7) is 10.2. The van der Waals surface area contributed by atoms with Gasteiger partial charge in [0, 0.05) is 0 Å². The highest BCUT2D eigenvalue weighted by molar-refractivity contribution is 7.07. The standard InChI is InChI=1S/C31H32N2O6S/c1-7-16-38-24-15-10-21(17-25(24)37-9-3)18-26-29(34)33-28(22-11-13-23(14-12-22)36-8-2)27(30(35)39-19(4)5)20(6)32-31(33)40-26/h1,10-15,17-19,28H,8-9,16H2,2-6H3/b26-18+/t28-/m0/s1. The van der Waals surface area contributed by atoms with Gasteiger partial charge in [-0.2, -0.15) is 0 Å². The third-order valence-electron chi connectivity index (χ3n) is 5.97. The monoisotopic (exact) mass is 560 g/mol. The highest BCUT2D eigenvalue weighted by Gasteiger charge is 2.33. The molecule has 9 heteroatoms. The smallest absolute Gasteiger partial charge is 0.338 e. The van der Waals surface area contributed by atoms with Gasteiger partial charge in [-0.05, 0) is 76.1 Å². The van der Waals surface area contributed by atoms with E-state index in [9.17, 15) is 9.59 Å². The van der Waals surface area contributed by atoms with Crippen LogP contribution in [0.4, 0.5) is 0 Å². The van der Waals surface area contributed by atoms with Gasteiger partial charge in [0.1, 0.15) is 12.4 Å². The van der Waals surface area contributed by atoms with Crippen LogP contribution >= 0.6 is 11.3 Å². The lowest BCUT2D eigenvalue weighted by Crippen LogP contribution is -2.40. The fraction of sp³-hybridized carbons (Fsp3) is 0.323. The van der Waals surface area contributed by atoms with Gasteiger partial charge in [0.15, 0.2) is 16.3 Å². The molecule has 0 bridgehead atoms. The highest BCUT2D eigenvalue weighted by Crippen LogP contribution is 2.32. The molecule has 0 aliphatic carbocycles. The Balaban J connectivity index is 1.86. The zero-order valence-corrected chi connectivity index (χ0v) is 24.0. The molecular weight excluding hydrogens is 528 g/mol. The molecule has 3 aromatic rings. The lowest BCUT2D eigenvalue weighted by atomic mass is 9.96. The number of hydrogen-bond donors (Lipinski definition) is 0. The Labute approximate surface area is 237 Å². The van der Waals surface area contributed by atoms with E-state index in [0.29, 0.717) is 51.1 Å². The number of allylic oxidation sites excluding steroid dienone is 1. The van der Waals surface area contributed by atoms with Gasteiger partial charge in [0.2, 0.25) is 0 Å². The first-order valence-electron chi connectivity index (χ1n) is 13.1. The van der Waals surface area contributed by atoms with Gasteiger partial charge in [0.05, 0.1) is 41.2 Å². The number of benzene rings is 2. The van der Waals surface area contributed by atoms with Crippen LogP contribution in [0.2, 0.25) is 0 Å². The maximum Gasteiger partial charge on any atom is 0.338 e. The quantitative estimate of drug-likeness (QED) is 0.275. The molecule has 1 aliphatic heterocycles. The summed E-state index contributed by atoms with van der Waals surface area (Å²) >= 11 is 1.25. The molecule has 4 rings (SSSR count). The molecule has 0 N–H and O–H groups in total. The third-order valence-corrected chi connectivity index (χ3v) is 6.95. The number of carbonyl (C=O) groups excluding carboxylic acids is 1. The minimum Gasteiger partial charge on any atom is -0.494 e. The molecule has 1 aliphatic rings. The first-order chi connectivity index (χ1) is 19.3. The van der Waals surface area contributed by atoms with Crippen molar-refractivity contribution < 1.29 is 23.7 Å². The summed E-state index contributed by atoms with van der Waals surface area (Å²) in [4.78, 5) is 32.3. The van der Waals surface area contributed by atoms with Gasteiger partial charge in [-0.25, -0.2) is 9.79 Å². The van der Waals surface area contributed by atoms with Gasteiger partial charge in [-0.3, -0.25) is 9.36 Å². The Morgan fingerprint density at radius 3 is 2.48 bits per heavy atom. The SMILES string of the molecule is C#CCOc1ccc(/C=c2/sc3n(c2=O)[C@@H](c2ccc(OCC)cc2)C(C(=O)OC(C)C)=C(C)N=3)cc1OCC. The van der Waals surface area contributed by atoms with Crippen molar-refractivity contribution in [1.29, 1.82) is 0 Å². The lowest BCUT2D eigenvalue weighted by molar-refractivity contribution is -0.143. The third kappa shape index (κ3) is 6.13. The van der Waals surface area contributed by atoms with Crippen LogP contribution in [-0.4, -0.2) is 36.5 Å². The summed E-state index contributed by atoms with van der Waals surface area (Å²) in [5.41, 5.74) is 2.05. The van der Waals surface area contributed by atoms with E-state index >= 15 is 0 Å². The number of rotatable bonds is 10. The zero-order valence-electron chi connectivity index (χ0n) is 23.2. The van der Waals surface area contributed by atoms with Crippen molar-refractivity contribution in [2.45, 2.75) is 46.8 Å². The molecule has 0 unspecified atom stereocenters. The van der Waals surface area contributed by atoms with Gasteiger partial charge in [-0.15, -0.1) is 6.42 Å². The van der Waals surface area contributed by atoms with Crippen molar-refractivity contribution >= 4 is 23.4 Å². The van der Waals surface area contributed by atoms with Gasteiger partial charge in [-0.1, -0.05) is 35.5 Å². The van der Waals surface area contributed by atoms with Gasteiger partial charge < -0.3 is 18.9 Å². The lowest BCUT2D eigenvalue weighted by Gasteiger charge is -2.25. The summed E-state index contributed by atoms with van der Waals surface area (Å²) < 4.78 is 24.5. The Bertz CT molecular complexity index is 1640. The van der Waals surface area contributed by atoms with Crippen molar-refractivity contribution in [2.75, 3.05) is 19.8 Å². The van der Waals surface area contributed by atoms with Crippen LogP contribution in [0, 0.1) is 12.3 Å². The van der Waals surface area contributed by atoms with Crippen LogP contribution in [0.1, 0.15) is 51.8 Å². The average Bonchev–Trinajstić information content (AvgIpc) is 3.22. The van der Waals surface area contributed by atoms with E-state index in [4.69, 9.17) is 25.4 Å². The molecule has 208 valence electrons. The van der Waals surface area contributed by atoms with Crippen LogP contribution in [0.5, 0.6) is 17.2 Å². The van der Waals surface area contributed by atoms with E-state index in [1.54, 1.807) is 43.5 Å². The number of fused-ring (bicyclic) bond motifs is 1. The minimum atomic E-state index is -0.709. The highest BCUT2D eigenvalue weighted by atomic mass is 32.1. The largest absolute Gasteiger partial charge is 0.494 e. The second-order valence-electron chi connectivity index (χ2n) is 9.17. The zero-order chi connectivity index (χ0) is 28.8. The maximum absolute atomic E-state index is 13.9. The summed E-state index contributed by atoms with van der Waals surface area (Å²) in [6, 6.07) is 12.1. The molecule has 0 amide bonds.